The van der Waals surface area contributed by atoms with Crippen molar-refractivity contribution in [2.24, 2.45) is 0 Å². The van der Waals surface area contributed by atoms with Gasteiger partial charge in [-0.25, -0.2) is 22.0 Å². The number of hydrogen-bond acceptors (Lipinski definition) is 3. The van der Waals surface area contributed by atoms with E-state index in [0.717, 1.165) is 0 Å². The third kappa shape index (κ3) is 5.49. The summed E-state index contributed by atoms with van der Waals surface area (Å²) in [6.07, 6.45) is 1.67. The van der Waals surface area contributed by atoms with Crippen LogP contribution in [0.2, 0.25) is 0 Å². The summed E-state index contributed by atoms with van der Waals surface area (Å²) in [7, 11) is 0. The van der Waals surface area contributed by atoms with Crippen molar-refractivity contribution in [2.75, 3.05) is 6.61 Å². The normalized spacial score (nSPS) is 10.2. The highest BCUT2D eigenvalue weighted by Crippen LogP contribution is 2.23. The van der Waals surface area contributed by atoms with Crippen LogP contribution in [-0.2, 0) is 16.1 Å². The predicted octanol–water partition coefficient (Wildman–Crippen LogP) is 3.37. The first-order valence-electron chi connectivity index (χ1n) is 7.12. The smallest absolute Gasteiger partial charge is 0.306 e. The molecule has 0 amide bonds. The molecule has 0 aliphatic heterocycles. The fourth-order valence-corrected chi connectivity index (χ4v) is 1.67. The Kier molecular flexibility index (Phi) is 8.19. The Hall–Kier alpha value is -2.14. The molecule has 0 radical (unpaired) electrons. The lowest BCUT2D eigenvalue weighted by Crippen LogP contribution is -2.11. The molecule has 1 aromatic carbocycles. The summed E-state index contributed by atoms with van der Waals surface area (Å²) in [5, 5.41) is 8.53. The van der Waals surface area contributed by atoms with Gasteiger partial charge in [0.05, 0.1) is 5.56 Å². The van der Waals surface area contributed by atoms with Crippen LogP contribution in [0.4, 0.5) is 22.0 Å². The van der Waals surface area contributed by atoms with Crippen LogP contribution in [-0.4, -0.2) is 17.7 Å². The second-order valence-corrected chi connectivity index (χ2v) is 4.74. The molecule has 0 saturated carbocycles. The van der Waals surface area contributed by atoms with E-state index in [4.69, 9.17) is 5.11 Å². The first-order chi connectivity index (χ1) is 11.4. The number of hydrogen-bond donors (Lipinski definition) is 1. The van der Waals surface area contributed by atoms with Crippen molar-refractivity contribution in [1.82, 2.24) is 0 Å². The van der Waals surface area contributed by atoms with Gasteiger partial charge >= 0.3 is 5.97 Å². The molecule has 1 N–H and O–H groups in total. The molecule has 0 unspecified atom stereocenters. The van der Waals surface area contributed by atoms with E-state index in [0.29, 0.717) is 25.7 Å². The Balaban J connectivity index is 2.49. The van der Waals surface area contributed by atoms with Gasteiger partial charge in [0, 0.05) is 25.9 Å². The molecule has 3 nitrogen and oxygen atoms in total. The van der Waals surface area contributed by atoms with E-state index >= 15 is 0 Å². The van der Waals surface area contributed by atoms with Crippen molar-refractivity contribution in [3.8, 4) is 11.8 Å². The summed E-state index contributed by atoms with van der Waals surface area (Å²) in [5.41, 5.74) is -1.19. The summed E-state index contributed by atoms with van der Waals surface area (Å²) in [4.78, 5) is 11.4. The van der Waals surface area contributed by atoms with Gasteiger partial charge in [0.25, 0.3) is 0 Å². The summed E-state index contributed by atoms with van der Waals surface area (Å²) in [6.45, 7) is -1.01. The highest BCUT2D eigenvalue weighted by molar-refractivity contribution is 5.69. The Morgan fingerprint density at radius 3 is 1.92 bits per heavy atom. The number of rotatable bonds is 7. The summed E-state index contributed by atoms with van der Waals surface area (Å²) in [5.74, 6) is -5.78. The molecular formula is C16H15F5O3. The first-order valence-corrected chi connectivity index (χ1v) is 7.12. The highest BCUT2D eigenvalue weighted by atomic mass is 19.2. The molecule has 0 spiro atoms. The fraction of sp³-hybridized carbons (Fsp3) is 0.438. The number of halogens is 5. The van der Waals surface area contributed by atoms with E-state index in [1.807, 2.05) is 0 Å². The van der Waals surface area contributed by atoms with Crippen molar-refractivity contribution in [2.45, 2.75) is 38.7 Å². The minimum atomic E-state index is -2.26. The van der Waals surface area contributed by atoms with E-state index in [-0.39, 0.29) is 13.0 Å². The first kappa shape index (κ1) is 19.9. The van der Waals surface area contributed by atoms with Crippen molar-refractivity contribution in [3.05, 3.63) is 34.6 Å². The zero-order valence-corrected chi connectivity index (χ0v) is 12.6. The Labute approximate surface area is 135 Å². The van der Waals surface area contributed by atoms with Crippen molar-refractivity contribution in [1.29, 1.82) is 0 Å². The van der Waals surface area contributed by atoms with Crippen LogP contribution in [0, 0.1) is 40.9 Å². The zero-order valence-electron chi connectivity index (χ0n) is 12.6. The van der Waals surface area contributed by atoms with Crippen LogP contribution in [0.3, 0.4) is 0 Å². The van der Waals surface area contributed by atoms with Crippen molar-refractivity contribution >= 4 is 5.97 Å². The van der Waals surface area contributed by atoms with Gasteiger partial charge in [-0.05, 0) is 12.8 Å². The number of carbonyl (C=O) groups excluding carboxylic acids is 1. The topological polar surface area (TPSA) is 46.5 Å². The second kappa shape index (κ2) is 9.88. The number of benzene rings is 1. The average molecular weight is 350 g/mol. The number of esters is 1. The van der Waals surface area contributed by atoms with Gasteiger partial charge in [0.2, 0.25) is 5.82 Å². The average Bonchev–Trinajstić information content (AvgIpc) is 2.57. The molecule has 1 aromatic rings. The Morgan fingerprint density at radius 2 is 1.38 bits per heavy atom. The maximum Gasteiger partial charge on any atom is 0.306 e. The lowest BCUT2D eigenvalue weighted by Gasteiger charge is -2.09. The Bertz CT molecular complexity index is 620. The van der Waals surface area contributed by atoms with Crippen molar-refractivity contribution in [3.63, 3.8) is 0 Å². The lowest BCUT2D eigenvalue weighted by molar-refractivity contribution is -0.145. The molecule has 0 heterocycles. The summed E-state index contributed by atoms with van der Waals surface area (Å²) >= 11 is 0. The molecule has 8 heteroatoms. The molecule has 0 fully saturated rings. The molecule has 1 rings (SSSR count). The van der Waals surface area contributed by atoms with Crippen LogP contribution in [0.25, 0.3) is 0 Å². The number of carbonyl (C=O) groups is 1. The minimum absolute atomic E-state index is 0.0404. The Morgan fingerprint density at radius 1 is 0.875 bits per heavy atom. The standard InChI is InChI=1S/C16H15F5O3/c17-12-10(13(18)15(20)16(21)14(12)19)9-24-11(23)7-5-3-1-2-4-6-8-22/h22H,3-9H2. The van der Waals surface area contributed by atoms with Gasteiger partial charge in [-0.3, -0.25) is 4.79 Å². The molecule has 24 heavy (non-hydrogen) atoms. The van der Waals surface area contributed by atoms with Crippen LogP contribution >= 0.6 is 0 Å². The number of aliphatic hydroxyl groups excluding tert-OH is 1. The largest absolute Gasteiger partial charge is 0.461 e. The number of aliphatic hydroxyl groups is 1. The SMILES string of the molecule is O=C(CCCC#CCCCO)OCc1c(F)c(F)c(F)c(F)c1F. The van der Waals surface area contributed by atoms with Gasteiger partial charge < -0.3 is 9.84 Å². The van der Waals surface area contributed by atoms with Crippen LogP contribution < -0.4 is 0 Å². The maximum absolute atomic E-state index is 13.4. The molecule has 132 valence electrons. The van der Waals surface area contributed by atoms with Gasteiger partial charge in [-0.2, -0.15) is 0 Å². The molecule has 0 saturated heterocycles. The van der Waals surface area contributed by atoms with Gasteiger partial charge in [0.15, 0.2) is 23.3 Å². The van der Waals surface area contributed by atoms with Crippen LogP contribution in [0.15, 0.2) is 0 Å². The molecular weight excluding hydrogens is 335 g/mol. The zero-order chi connectivity index (χ0) is 18.1. The van der Waals surface area contributed by atoms with Crippen molar-refractivity contribution < 1.29 is 36.6 Å². The van der Waals surface area contributed by atoms with Gasteiger partial charge in [-0.15, -0.1) is 11.8 Å². The quantitative estimate of drug-likeness (QED) is 0.205. The molecule has 0 aromatic heterocycles. The monoisotopic (exact) mass is 350 g/mol. The molecule has 0 bridgehead atoms. The molecule has 0 aliphatic carbocycles. The highest BCUT2D eigenvalue weighted by Gasteiger charge is 2.26. The van der Waals surface area contributed by atoms with E-state index in [9.17, 15) is 26.7 Å². The molecule has 0 aliphatic rings. The number of unbranched alkanes of at least 4 members (excludes halogenated alkanes) is 2. The van der Waals surface area contributed by atoms with E-state index in [1.165, 1.54) is 0 Å². The predicted molar refractivity (Wildman–Crippen MR) is 74.0 cm³/mol. The second-order valence-electron chi connectivity index (χ2n) is 4.74. The van der Waals surface area contributed by atoms with E-state index in [1.54, 1.807) is 0 Å². The summed E-state index contributed by atoms with van der Waals surface area (Å²) in [6, 6.07) is 0. The lowest BCUT2D eigenvalue weighted by atomic mass is 10.2. The minimum Gasteiger partial charge on any atom is -0.461 e. The molecule has 0 atom stereocenters. The van der Waals surface area contributed by atoms with E-state index in [2.05, 4.69) is 16.6 Å². The van der Waals surface area contributed by atoms with Crippen LogP contribution in [0.1, 0.15) is 37.7 Å². The van der Waals surface area contributed by atoms with E-state index < -0.39 is 47.2 Å². The third-order valence-corrected chi connectivity index (χ3v) is 2.95. The fourth-order valence-electron chi connectivity index (χ4n) is 1.67. The third-order valence-electron chi connectivity index (χ3n) is 2.95. The van der Waals surface area contributed by atoms with Gasteiger partial charge in [0.1, 0.15) is 6.61 Å². The summed E-state index contributed by atoms with van der Waals surface area (Å²) < 4.78 is 70.0. The van der Waals surface area contributed by atoms with Gasteiger partial charge in [-0.1, -0.05) is 0 Å². The maximum atomic E-state index is 13.4. The van der Waals surface area contributed by atoms with Crippen LogP contribution in [0.5, 0.6) is 0 Å². The number of ether oxygens (including phenoxy) is 1.